The van der Waals surface area contributed by atoms with Gasteiger partial charge in [-0.05, 0) is 25.5 Å². The summed E-state index contributed by atoms with van der Waals surface area (Å²) in [7, 11) is -2.08. The lowest BCUT2D eigenvalue weighted by Gasteiger charge is -2.08. The van der Waals surface area contributed by atoms with E-state index in [-0.39, 0.29) is 10.5 Å². The monoisotopic (exact) mass is 350 g/mol. The van der Waals surface area contributed by atoms with E-state index in [1.807, 2.05) is 17.7 Å². The highest BCUT2D eigenvalue weighted by atomic mass is 32.2. The third kappa shape index (κ3) is 3.13. The summed E-state index contributed by atoms with van der Waals surface area (Å²) in [5.41, 5.74) is 0.800. The van der Waals surface area contributed by atoms with E-state index in [9.17, 15) is 13.2 Å². The minimum Gasteiger partial charge on any atom is -0.408 e. The Bertz CT molecular complexity index is 1030. The van der Waals surface area contributed by atoms with Gasteiger partial charge < -0.3 is 8.98 Å². The van der Waals surface area contributed by atoms with Gasteiger partial charge in [0, 0.05) is 38.6 Å². The highest BCUT2D eigenvalue weighted by molar-refractivity contribution is 7.89. The molecule has 0 atom stereocenters. The number of rotatable bonds is 6. The zero-order valence-corrected chi connectivity index (χ0v) is 14.2. The quantitative estimate of drug-likeness (QED) is 0.669. The minimum absolute atomic E-state index is 0.0724. The van der Waals surface area contributed by atoms with Crippen molar-refractivity contribution in [1.29, 1.82) is 0 Å². The molecule has 0 aliphatic carbocycles. The number of nitrogens with zero attached hydrogens (tertiary/aromatic N) is 3. The maximum absolute atomic E-state index is 12.3. The number of aryl methyl sites for hydroxylation is 3. The van der Waals surface area contributed by atoms with Crippen LogP contribution in [0.15, 0.2) is 44.7 Å². The number of oxazole rings is 1. The lowest BCUT2D eigenvalue weighted by molar-refractivity contribution is 0.527. The van der Waals surface area contributed by atoms with E-state index in [1.165, 1.54) is 16.7 Å². The summed E-state index contributed by atoms with van der Waals surface area (Å²) in [5.74, 6) is 0.366. The number of benzene rings is 1. The number of hydrogen-bond acceptors (Lipinski definition) is 5. The molecule has 2 heterocycles. The molecule has 24 heavy (non-hydrogen) atoms. The smallest absolute Gasteiger partial charge is 0.408 e. The normalized spacial score (nSPS) is 12.1. The predicted molar refractivity (Wildman–Crippen MR) is 88.2 cm³/mol. The highest BCUT2D eigenvalue weighted by Crippen LogP contribution is 2.17. The minimum atomic E-state index is -3.65. The van der Waals surface area contributed by atoms with Crippen LogP contribution in [0, 0.1) is 6.92 Å². The Hall–Kier alpha value is -2.39. The molecule has 1 aromatic carbocycles. The van der Waals surface area contributed by atoms with Crippen LogP contribution in [0.3, 0.4) is 0 Å². The maximum Gasteiger partial charge on any atom is 0.419 e. The first-order chi connectivity index (χ1) is 11.4. The van der Waals surface area contributed by atoms with E-state index in [0.29, 0.717) is 25.0 Å². The zero-order valence-electron chi connectivity index (χ0n) is 13.4. The topological polar surface area (TPSA) is 99.1 Å². The second-order valence-electron chi connectivity index (χ2n) is 5.48. The summed E-state index contributed by atoms with van der Waals surface area (Å²) in [6.45, 7) is 2.88. The van der Waals surface area contributed by atoms with Crippen molar-refractivity contribution in [2.75, 3.05) is 6.54 Å². The van der Waals surface area contributed by atoms with Crippen LogP contribution in [0.1, 0.15) is 12.2 Å². The molecular formula is C15H18N4O4S. The van der Waals surface area contributed by atoms with E-state index in [0.717, 1.165) is 5.82 Å². The summed E-state index contributed by atoms with van der Waals surface area (Å²) in [4.78, 5) is 15.7. The Balaban J connectivity index is 1.69. The maximum atomic E-state index is 12.3. The fraction of sp³-hybridized carbons (Fsp3) is 0.333. The summed E-state index contributed by atoms with van der Waals surface area (Å²) in [6, 6.07) is 4.38. The Labute approximate surface area is 138 Å². The van der Waals surface area contributed by atoms with E-state index < -0.39 is 15.8 Å². The molecule has 0 amide bonds. The van der Waals surface area contributed by atoms with Crippen molar-refractivity contribution < 1.29 is 12.8 Å². The van der Waals surface area contributed by atoms with Crippen molar-refractivity contribution in [3.8, 4) is 0 Å². The lowest BCUT2D eigenvalue weighted by atomic mass is 10.3. The first kappa shape index (κ1) is 16.5. The predicted octanol–water partition coefficient (Wildman–Crippen LogP) is 1.01. The summed E-state index contributed by atoms with van der Waals surface area (Å²) in [6.07, 6.45) is 4.20. The molecule has 8 nitrogen and oxygen atoms in total. The number of hydrogen-bond donors (Lipinski definition) is 1. The van der Waals surface area contributed by atoms with Crippen LogP contribution in [0.2, 0.25) is 0 Å². The molecule has 128 valence electrons. The van der Waals surface area contributed by atoms with Gasteiger partial charge in [-0.3, -0.25) is 4.57 Å². The lowest BCUT2D eigenvalue weighted by Crippen LogP contribution is -2.25. The molecule has 0 spiro atoms. The van der Waals surface area contributed by atoms with Crippen LogP contribution in [0.5, 0.6) is 0 Å². The first-order valence-corrected chi connectivity index (χ1v) is 8.94. The fourth-order valence-electron chi connectivity index (χ4n) is 2.46. The van der Waals surface area contributed by atoms with E-state index in [2.05, 4.69) is 9.71 Å². The van der Waals surface area contributed by atoms with Gasteiger partial charge in [-0.1, -0.05) is 0 Å². The molecule has 0 aliphatic heterocycles. The Morgan fingerprint density at radius 1 is 1.33 bits per heavy atom. The Morgan fingerprint density at radius 3 is 2.83 bits per heavy atom. The molecule has 0 saturated carbocycles. The molecule has 1 N–H and O–H groups in total. The molecule has 3 aromatic rings. The molecule has 0 bridgehead atoms. The summed E-state index contributed by atoms with van der Waals surface area (Å²) >= 11 is 0. The summed E-state index contributed by atoms with van der Waals surface area (Å²) in [5, 5.41) is 0. The SMILES string of the molecule is Cc1nccn1CCCNS(=O)(=O)c1ccc2c(c1)oc(=O)n2C. The largest absolute Gasteiger partial charge is 0.419 e. The van der Waals surface area contributed by atoms with Crippen molar-refractivity contribution in [3.63, 3.8) is 0 Å². The van der Waals surface area contributed by atoms with Crippen LogP contribution in [-0.2, 0) is 23.6 Å². The number of nitrogens with one attached hydrogen (secondary N) is 1. The molecule has 3 rings (SSSR count). The van der Waals surface area contributed by atoms with Gasteiger partial charge in [-0.25, -0.2) is 22.9 Å². The van der Waals surface area contributed by atoms with Gasteiger partial charge in [0.2, 0.25) is 10.0 Å². The molecule has 0 unspecified atom stereocenters. The van der Waals surface area contributed by atoms with Gasteiger partial charge in [-0.15, -0.1) is 0 Å². The fourth-order valence-corrected chi connectivity index (χ4v) is 3.55. The number of imidazole rings is 1. The molecule has 0 saturated heterocycles. The standard InChI is InChI=1S/C15H18N4O4S/c1-11-16-7-9-19(11)8-3-6-17-24(21,22)12-4-5-13-14(10-12)23-15(20)18(13)2/h4-5,7,9-10,17H,3,6,8H2,1-2H3. The van der Waals surface area contributed by atoms with Gasteiger partial charge in [0.1, 0.15) is 5.82 Å². The number of aromatic nitrogens is 3. The van der Waals surface area contributed by atoms with Crippen LogP contribution in [0.4, 0.5) is 0 Å². The third-order valence-corrected chi connectivity index (χ3v) is 5.32. The van der Waals surface area contributed by atoms with Crippen LogP contribution >= 0.6 is 0 Å². The van der Waals surface area contributed by atoms with E-state index in [4.69, 9.17) is 4.42 Å². The van der Waals surface area contributed by atoms with Crippen LogP contribution < -0.4 is 10.5 Å². The first-order valence-electron chi connectivity index (χ1n) is 7.45. The van der Waals surface area contributed by atoms with Crippen molar-refractivity contribution >= 4 is 21.1 Å². The molecule has 9 heteroatoms. The molecule has 0 fully saturated rings. The molecular weight excluding hydrogens is 332 g/mol. The van der Waals surface area contributed by atoms with E-state index >= 15 is 0 Å². The van der Waals surface area contributed by atoms with Gasteiger partial charge in [0.15, 0.2) is 5.58 Å². The van der Waals surface area contributed by atoms with Crippen molar-refractivity contribution in [1.82, 2.24) is 18.8 Å². The third-order valence-electron chi connectivity index (χ3n) is 3.87. The number of sulfonamides is 1. The second-order valence-corrected chi connectivity index (χ2v) is 7.24. The van der Waals surface area contributed by atoms with Crippen molar-refractivity contribution in [2.24, 2.45) is 7.05 Å². The molecule has 2 aromatic heterocycles. The van der Waals surface area contributed by atoms with Crippen LogP contribution in [-0.4, -0.2) is 29.1 Å². The van der Waals surface area contributed by atoms with E-state index in [1.54, 1.807) is 19.3 Å². The van der Waals surface area contributed by atoms with Crippen molar-refractivity contribution in [3.05, 3.63) is 47.0 Å². The van der Waals surface area contributed by atoms with Gasteiger partial charge in [-0.2, -0.15) is 0 Å². The molecule has 0 aliphatic rings. The average molecular weight is 350 g/mol. The van der Waals surface area contributed by atoms with Gasteiger partial charge in [0.25, 0.3) is 0 Å². The zero-order chi connectivity index (χ0) is 17.3. The van der Waals surface area contributed by atoms with Gasteiger partial charge >= 0.3 is 5.76 Å². The summed E-state index contributed by atoms with van der Waals surface area (Å²) < 4.78 is 35.5. The van der Waals surface area contributed by atoms with Crippen molar-refractivity contribution in [2.45, 2.75) is 24.8 Å². The Kier molecular flexibility index (Phi) is 4.29. The van der Waals surface area contributed by atoms with Crippen LogP contribution in [0.25, 0.3) is 11.1 Å². The van der Waals surface area contributed by atoms with Gasteiger partial charge in [0.05, 0.1) is 10.4 Å². The Morgan fingerprint density at radius 2 is 2.12 bits per heavy atom. The second kappa shape index (κ2) is 6.25. The molecule has 0 radical (unpaired) electrons. The average Bonchev–Trinajstić information content (AvgIpc) is 3.07. The highest BCUT2D eigenvalue weighted by Gasteiger charge is 2.16. The number of fused-ring (bicyclic) bond motifs is 1.